The van der Waals surface area contributed by atoms with E-state index in [0.29, 0.717) is 25.9 Å². The lowest BCUT2D eigenvalue weighted by atomic mass is 9.92. The quantitative estimate of drug-likeness (QED) is 0.843. The number of aliphatic hydroxyl groups excluding tert-OH is 1. The summed E-state index contributed by atoms with van der Waals surface area (Å²) >= 11 is 5.49. The van der Waals surface area contributed by atoms with Crippen LogP contribution in [-0.2, 0) is 4.74 Å². The fourth-order valence-electron chi connectivity index (χ4n) is 1.97. The summed E-state index contributed by atoms with van der Waals surface area (Å²) in [6, 6.07) is 0. The summed E-state index contributed by atoms with van der Waals surface area (Å²) in [4.78, 5) is 13.6. The third kappa shape index (κ3) is 4.86. The molecule has 5 heteroatoms. The topological polar surface area (TPSA) is 49.8 Å². The molecule has 0 bridgehead atoms. The monoisotopic (exact) mass is 275 g/mol. The second kappa shape index (κ2) is 6.43. The van der Waals surface area contributed by atoms with Gasteiger partial charge in [0.25, 0.3) is 0 Å². The Balaban J connectivity index is 2.55. The van der Waals surface area contributed by atoms with Crippen molar-refractivity contribution in [3.63, 3.8) is 0 Å². The zero-order chi connectivity index (χ0) is 13.8. The van der Waals surface area contributed by atoms with Crippen molar-refractivity contribution < 1.29 is 14.6 Å². The first-order valence-electron chi connectivity index (χ1n) is 6.24. The number of carbonyl (C=O) groups is 1. The maximum atomic E-state index is 11.9. The summed E-state index contributed by atoms with van der Waals surface area (Å²) in [6.07, 6.45) is 2.36. The van der Waals surface area contributed by atoms with Crippen molar-refractivity contribution in [2.24, 2.45) is 5.92 Å². The van der Waals surface area contributed by atoms with Gasteiger partial charge in [-0.1, -0.05) is 17.7 Å². The van der Waals surface area contributed by atoms with Gasteiger partial charge in [-0.25, -0.2) is 4.79 Å². The van der Waals surface area contributed by atoms with Crippen molar-refractivity contribution in [2.75, 3.05) is 13.1 Å². The predicted molar refractivity (Wildman–Crippen MR) is 71.5 cm³/mol. The second-order valence-electron chi connectivity index (χ2n) is 5.64. The molecule has 1 rings (SSSR count). The summed E-state index contributed by atoms with van der Waals surface area (Å²) in [5.74, 6) is 0.0290. The van der Waals surface area contributed by atoms with Crippen molar-refractivity contribution in [3.05, 3.63) is 11.6 Å². The van der Waals surface area contributed by atoms with Crippen molar-refractivity contribution in [2.45, 2.75) is 45.3 Å². The second-order valence-corrected chi connectivity index (χ2v) is 5.89. The van der Waals surface area contributed by atoms with E-state index in [4.69, 9.17) is 16.3 Å². The molecule has 0 aliphatic carbocycles. The van der Waals surface area contributed by atoms with Crippen molar-refractivity contribution >= 4 is 17.7 Å². The number of hydrogen-bond acceptors (Lipinski definition) is 3. The van der Waals surface area contributed by atoms with E-state index >= 15 is 0 Å². The largest absolute Gasteiger partial charge is 0.444 e. The standard InChI is InChI=1S/C13H22ClNO3/c1-13(2,3)18-12(17)15-8-6-11(16)10(9-15)5-4-7-14/h4,7,10-11,16H,5-6,8-9H2,1-3H3/b7-4+. The molecule has 1 fully saturated rings. The Labute approximate surface area is 114 Å². The molecule has 4 nitrogen and oxygen atoms in total. The molecule has 2 atom stereocenters. The Morgan fingerprint density at radius 3 is 2.78 bits per heavy atom. The van der Waals surface area contributed by atoms with Crippen molar-refractivity contribution in [1.29, 1.82) is 0 Å². The van der Waals surface area contributed by atoms with Gasteiger partial charge in [0, 0.05) is 24.5 Å². The Morgan fingerprint density at radius 1 is 1.56 bits per heavy atom. The first kappa shape index (κ1) is 15.3. The summed E-state index contributed by atoms with van der Waals surface area (Å²) in [5.41, 5.74) is 0.956. The lowest BCUT2D eigenvalue weighted by molar-refractivity contribution is -0.00772. The van der Waals surface area contributed by atoms with Gasteiger partial charge in [0.2, 0.25) is 0 Å². The Bertz CT molecular complexity index is 312. The van der Waals surface area contributed by atoms with Gasteiger partial charge in [-0.3, -0.25) is 0 Å². The zero-order valence-electron chi connectivity index (χ0n) is 11.2. The number of carbonyl (C=O) groups excluding carboxylic acids is 1. The third-order valence-corrected chi connectivity index (χ3v) is 3.05. The zero-order valence-corrected chi connectivity index (χ0v) is 12.0. The molecule has 0 aromatic rings. The molecular weight excluding hydrogens is 254 g/mol. The molecule has 1 aliphatic heterocycles. The van der Waals surface area contributed by atoms with E-state index < -0.39 is 5.60 Å². The number of allylic oxidation sites excluding steroid dienone is 1. The molecular formula is C13H22ClNO3. The van der Waals surface area contributed by atoms with Crippen LogP contribution < -0.4 is 0 Å². The molecule has 104 valence electrons. The van der Waals surface area contributed by atoms with E-state index in [1.54, 1.807) is 11.0 Å². The lowest BCUT2D eigenvalue weighted by Gasteiger charge is -2.36. The van der Waals surface area contributed by atoms with Gasteiger partial charge in [0.15, 0.2) is 0 Å². The maximum absolute atomic E-state index is 11.9. The van der Waals surface area contributed by atoms with E-state index in [1.807, 2.05) is 20.8 Å². The molecule has 18 heavy (non-hydrogen) atoms. The SMILES string of the molecule is CC(C)(C)OC(=O)N1CCC(O)C(C/C=C/Cl)C1. The van der Waals surface area contributed by atoms with Gasteiger partial charge in [0.1, 0.15) is 5.60 Å². The number of likely N-dealkylation sites (tertiary alicyclic amines) is 1. The average molecular weight is 276 g/mol. The molecule has 2 unspecified atom stereocenters. The molecule has 1 heterocycles. The van der Waals surface area contributed by atoms with Crippen LogP contribution in [0.25, 0.3) is 0 Å². The Kier molecular flexibility index (Phi) is 5.47. The lowest BCUT2D eigenvalue weighted by Crippen LogP contribution is -2.47. The van der Waals surface area contributed by atoms with Gasteiger partial charge < -0.3 is 14.7 Å². The van der Waals surface area contributed by atoms with Crippen molar-refractivity contribution in [3.8, 4) is 0 Å². The smallest absolute Gasteiger partial charge is 0.410 e. The van der Waals surface area contributed by atoms with E-state index in [9.17, 15) is 9.90 Å². The number of ether oxygens (including phenoxy) is 1. The van der Waals surface area contributed by atoms with E-state index in [-0.39, 0.29) is 18.1 Å². The molecule has 1 saturated heterocycles. The molecule has 0 saturated carbocycles. The molecule has 1 amide bonds. The Morgan fingerprint density at radius 2 is 2.22 bits per heavy atom. The first-order valence-corrected chi connectivity index (χ1v) is 6.68. The number of piperidine rings is 1. The van der Waals surface area contributed by atoms with Crippen molar-refractivity contribution in [1.82, 2.24) is 4.90 Å². The summed E-state index contributed by atoms with van der Waals surface area (Å²) in [5, 5.41) is 9.87. The number of halogens is 1. The summed E-state index contributed by atoms with van der Waals surface area (Å²) in [6.45, 7) is 6.58. The highest BCUT2D eigenvalue weighted by Gasteiger charge is 2.31. The number of hydrogen-bond donors (Lipinski definition) is 1. The van der Waals surface area contributed by atoms with Gasteiger partial charge in [-0.15, -0.1) is 0 Å². The normalized spacial score (nSPS) is 25.5. The summed E-state index contributed by atoms with van der Waals surface area (Å²) < 4.78 is 5.33. The number of amides is 1. The van der Waals surface area contributed by atoms with Crippen LogP contribution >= 0.6 is 11.6 Å². The van der Waals surface area contributed by atoms with Crippen LogP contribution in [0.3, 0.4) is 0 Å². The summed E-state index contributed by atoms with van der Waals surface area (Å²) in [7, 11) is 0. The molecule has 0 aromatic carbocycles. The maximum Gasteiger partial charge on any atom is 0.410 e. The molecule has 0 spiro atoms. The van der Waals surface area contributed by atoms with E-state index in [0.717, 1.165) is 0 Å². The number of nitrogens with zero attached hydrogens (tertiary/aromatic N) is 1. The highest BCUT2D eigenvalue weighted by Crippen LogP contribution is 2.22. The van der Waals surface area contributed by atoms with E-state index in [1.165, 1.54) is 5.54 Å². The molecule has 1 N–H and O–H groups in total. The van der Waals surface area contributed by atoms with Crippen LogP contribution in [0.5, 0.6) is 0 Å². The molecule has 0 aromatic heterocycles. The minimum atomic E-state index is -0.487. The van der Waals surface area contributed by atoms with Gasteiger partial charge in [0.05, 0.1) is 6.10 Å². The highest BCUT2D eigenvalue weighted by molar-refractivity contribution is 6.25. The van der Waals surface area contributed by atoms with E-state index in [2.05, 4.69) is 0 Å². The fraction of sp³-hybridized carbons (Fsp3) is 0.769. The van der Waals surface area contributed by atoms with Crippen LogP contribution in [0.2, 0.25) is 0 Å². The molecule has 1 aliphatic rings. The fourth-order valence-corrected chi connectivity index (χ4v) is 2.07. The molecule has 0 radical (unpaired) electrons. The van der Waals surface area contributed by atoms with Crippen LogP contribution in [0.15, 0.2) is 11.6 Å². The third-order valence-electron chi connectivity index (χ3n) is 2.87. The Hall–Kier alpha value is -0.740. The minimum Gasteiger partial charge on any atom is -0.444 e. The van der Waals surface area contributed by atoms with Crippen LogP contribution in [0, 0.1) is 5.92 Å². The van der Waals surface area contributed by atoms with Gasteiger partial charge in [-0.2, -0.15) is 0 Å². The first-order chi connectivity index (χ1) is 8.33. The van der Waals surface area contributed by atoms with Crippen LogP contribution in [0.4, 0.5) is 4.79 Å². The van der Waals surface area contributed by atoms with Gasteiger partial charge >= 0.3 is 6.09 Å². The van der Waals surface area contributed by atoms with Gasteiger partial charge in [-0.05, 0) is 33.6 Å². The minimum absolute atomic E-state index is 0.0290. The predicted octanol–water partition coefficient (Wildman–Crippen LogP) is 2.75. The van der Waals surface area contributed by atoms with Crippen LogP contribution in [-0.4, -0.2) is 40.9 Å². The average Bonchev–Trinajstić information content (AvgIpc) is 2.25. The number of aliphatic hydroxyl groups is 1. The van der Waals surface area contributed by atoms with Crippen LogP contribution in [0.1, 0.15) is 33.6 Å². The highest BCUT2D eigenvalue weighted by atomic mass is 35.5. The number of rotatable bonds is 2.